The zero-order chi connectivity index (χ0) is 18.5. The number of aryl methyl sites for hydroxylation is 1. The number of nitrogens with one attached hydrogen (secondary N) is 1. The third-order valence-electron chi connectivity index (χ3n) is 3.30. The van der Waals surface area contributed by atoms with Crippen molar-refractivity contribution in [2.45, 2.75) is 11.9 Å². The number of rotatable bonds is 5. The quantitative estimate of drug-likeness (QED) is 0.544. The van der Waals surface area contributed by atoms with Crippen molar-refractivity contribution in [3.63, 3.8) is 0 Å². The molecule has 1 amide bonds. The molecule has 3 rings (SSSR count). The number of hydrogen-bond donors (Lipinski definition) is 1. The molecule has 0 aliphatic carbocycles. The van der Waals surface area contributed by atoms with Gasteiger partial charge >= 0.3 is 0 Å². The van der Waals surface area contributed by atoms with Crippen LogP contribution in [0.1, 0.15) is 5.82 Å². The molecule has 8 heteroatoms. The van der Waals surface area contributed by atoms with E-state index >= 15 is 0 Å². The van der Waals surface area contributed by atoms with Crippen LogP contribution >= 0.6 is 11.8 Å². The second-order valence-corrected chi connectivity index (χ2v) is 6.31. The minimum atomic E-state index is -1.01. The van der Waals surface area contributed by atoms with Crippen LogP contribution in [0.4, 0.5) is 14.5 Å². The number of anilines is 1. The van der Waals surface area contributed by atoms with Crippen LogP contribution in [0.25, 0.3) is 11.4 Å². The predicted molar refractivity (Wildman–Crippen MR) is 95.7 cm³/mol. The van der Waals surface area contributed by atoms with Crippen LogP contribution in [0.3, 0.4) is 0 Å². The highest BCUT2D eigenvalue weighted by Gasteiger charge is 2.10. The molecular formula is C18H14F2N4OS. The molecule has 0 radical (unpaired) electrons. The first kappa shape index (κ1) is 17.9. The maximum absolute atomic E-state index is 13.2. The van der Waals surface area contributed by atoms with Crippen LogP contribution in [-0.4, -0.2) is 26.6 Å². The first-order valence-electron chi connectivity index (χ1n) is 7.66. The topological polar surface area (TPSA) is 67.8 Å². The van der Waals surface area contributed by atoms with Crippen LogP contribution < -0.4 is 5.32 Å². The fraction of sp³-hybridized carbons (Fsp3) is 0.111. The second-order valence-electron chi connectivity index (χ2n) is 5.32. The molecule has 0 spiro atoms. The Bertz CT molecular complexity index is 938. The van der Waals surface area contributed by atoms with Gasteiger partial charge in [-0.15, -0.1) is 0 Å². The van der Waals surface area contributed by atoms with Crippen LogP contribution in [0.15, 0.2) is 53.7 Å². The highest BCUT2D eigenvalue weighted by molar-refractivity contribution is 7.99. The molecule has 26 heavy (non-hydrogen) atoms. The summed E-state index contributed by atoms with van der Waals surface area (Å²) in [4.78, 5) is 24.9. The van der Waals surface area contributed by atoms with Crippen molar-refractivity contribution in [2.75, 3.05) is 11.1 Å². The molecule has 0 fully saturated rings. The summed E-state index contributed by atoms with van der Waals surface area (Å²) in [6.45, 7) is 1.76. The SMILES string of the molecule is Cc1nc(SCC(=O)Nc2ccc(F)c(F)c2)cc(-c2ccccn2)n1. The van der Waals surface area contributed by atoms with E-state index in [0.717, 1.165) is 12.1 Å². The summed E-state index contributed by atoms with van der Waals surface area (Å²) in [6, 6.07) is 10.5. The Morgan fingerprint density at radius 2 is 1.92 bits per heavy atom. The van der Waals surface area contributed by atoms with E-state index in [1.165, 1.54) is 17.8 Å². The van der Waals surface area contributed by atoms with Crippen LogP contribution in [0, 0.1) is 18.6 Å². The monoisotopic (exact) mass is 372 g/mol. The number of carbonyl (C=O) groups excluding carboxylic acids is 1. The summed E-state index contributed by atoms with van der Waals surface area (Å²) in [7, 11) is 0. The molecule has 0 bridgehead atoms. The molecule has 3 aromatic rings. The summed E-state index contributed by atoms with van der Waals surface area (Å²) < 4.78 is 26.1. The lowest BCUT2D eigenvalue weighted by atomic mass is 10.2. The average molecular weight is 372 g/mol. The number of amides is 1. The molecule has 0 aliphatic heterocycles. The van der Waals surface area contributed by atoms with Gasteiger partial charge in [-0.2, -0.15) is 0 Å². The molecule has 0 aliphatic rings. The molecule has 132 valence electrons. The number of thioether (sulfide) groups is 1. The molecule has 0 saturated carbocycles. The van der Waals surface area contributed by atoms with Gasteiger partial charge in [-0.1, -0.05) is 17.8 Å². The molecule has 1 N–H and O–H groups in total. The lowest BCUT2D eigenvalue weighted by Gasteiger charge is -2.07. The van der Waals surface area contributed by atoms with E-state index in [1.54, 1.807) is 19.2 Å². The molecule has 0 atom stereocenters. The van der Waals surface area contributed by atoms with Gasteiger partial charge in [-0.3, -0.25) is 9.78 Å². The lowest BCUT2D eigenvalue weighted by Crippen LogP contribution is -2.14. The Kier molecular flexibility index (Phi) is 5.52. The fourth-order valence-corrected chi connectivity index (χ4v) is 2.91. The Morgan fingerprint density at radius 1 is 1.08 bits per heavy atom. The smallest absolute Gasteiger partial charge is 0.234 e. The lowest BCUT2D eigenvalue weighted by molar-refractivity contribution is -0.113. The maximum Gasteiger partial charge on any atom is 0.234 e. The Morgan fingerprint density at radius 3 is 2.65 bits per heavy atom. The van der Waals surface area contributed by atoms with Gasteiger partial charge in [0, 0.05) is 18.0 Å². The van der Waals surface area contributed by atoms with Crippen molar-refractivity contribution in [1.29, 1.82) is 0 Å². The minimum absolute atomic E-state index is 0.0666. The molecule has 2 aromatic heterocycles. The molecule has 5 nitrogen and oxygen atoms in total. The molecule has 0 unspecified atom stereocenters. The normalized spacial score (nSPS) is 10.6. The van der Waals surface area contributed by atoms with Crippen LogP contribution in [0.5, 0.6) is 0 Å². The van der Waals surface area contributed by atoms with Gasteiger partial charge in [0.1, 0.15) is 10.9 Å². The van der Waals surface area contributed by atoms with Gasteiger partial charge in [-0.25, -0.2) is 18.7 Å². The van der Waals surface area contributed by atoms with Crippen molar-refractivity contribution in [1.82, 2.24) is 15.0 Å². The summed E-state index contributed by atoms with van der Waals surface area (Å²) >= 11 is 1.22. The van der Waals surface area contributed by atoms with Crippen molar-refractivity contribution < 1.29 is 13.6 Å². The summed E-state index contributed by atoms with van der Waals surface area (Å²) in [5.41, 5.74) is 1.58. The summed E-state index contributed by atoms with van der Waals surface area (Å²) in [5.74, 6) is -1.69. The number of nitrogens with zero attached hydrogens (tertiary/aromatic N) is 3. The summed E-state index contributed by atoms with van der Waals surface area (Å²) in [6.07, 6.45) is 1.68. The molecule has 1 aromatic carbocycles. The number of pyridine rings is 1. The van der Waals surface area contributed by atoms with E-state index in [9.17, 15) is 13.6 Å². The van der Waals surface area contributed by atoms with Crippen molar-refractivity contribution in [3.05, 3.63) is 66.1 Å². The molecule has 2 heterocycles. The Hall–Kier alpha value is -2.87. The zero-order valence-electron chi connectivity index (χ0n) is 13.7. The maximum atomic E-state index is 13.2. The standard InChI is InChI=1S/C18H14F2N4OS/c1-11-22-16(15-4-2-3-7-21-15)9-18(23-11)26-10-17(25)24-12-5-6-13(19)14(20)8-12/h2-9H,10H2,1H3,(H,24,25). The van der Waals surface area contributed by atoms with E-state index in [2.05, 4.69) is 20.3 Å². The van der Waals surface area contributed by atoms with Gasteiger partial charge in [0.25, 0.3) is 0 Å². The van der Waals surface area contributed by atoms with Crippen molar-refractivity contribution in [3.8, 4) is 11.4 Å². The van der Waals surface area contributed by atoms with Crippen LogP contribution in [0.2, 0.25) is 0 Å². The summed E-state index contributed by atoms with van der Waals surface area (Å²) in [5, 5.41) is 3.14. The predicted octanol–water partition coefficient (Wildman–Crippen LogP) is 3.86. The largest absolute Gasteiger partial charge is 0.325 e. The number of hydrogen-bond acceptors (Lipinski definition) is 5. The number of carbonyl (C=O) groups is 1. The van der Waals surface area contributed by atoms with Gasteiger partial charge in [0.05, 0.1) is 17.1 Å². The Balaban J connectivity index is 1.66. The van der Waals surface area contributed by atoms with E-state index in [-0.39, 0.29) is 17.3 Å². The zero-order valence-corrected chi connectivity index (χ0v) is 14.6. The number of halogens is 2. The highest BCUT2D eigenvalue weighted by Crippen LogP contribution is 2.22. The van der Waals surface area contributed by atoms with E-state index < -0.39 is 11.6 Å². The van der Waals surface area contributed by atoms with Gasteiger partial charge in [-0.05, 0) is 37.3 Å². The third kappa shape index (κ3) is 4.60. The Labute approximate surface area is 152 Å². The number of aromatic nitrogens is 3. The third-order valence-corrected chi connectivity index (χ3v) is 4.21. The van der Waals surface area contributed by atoms with E-state index in [0.29, 0.717) is 22.2 Å². The first-order chi connectivity index (χ1) is 12.5. The average Bonchev–Trinajstić information content (AvgIpc) is 2.63. The molecule has 0 saturated heterocycles. The minimum Gasteiger partial charge on any atom is -0.325 e. The number of benzene rings is 1. The van der Waals surface area contributed by atoms with E-state index in [4.69, 9.17) is 0 Å². The van der Waals surface area contributed by atoms with Gasteiger partial charge in [0.2, 0.25) is 5.91 Å². The van der Waals surface area contributed by atoms with E-state index in [1.807, 2.05) is 18.2 Å². The van der Waals surface area contributed by atoms with Crippen molar-refractivity contribution in [2.24, 2.45) is 0 Å². The van der Waals surface area contributed by atoms with Gasteiger partial charge in [0.15, 0.2) is 11.6 Å². The second kappa shape index (κ2) is 8.01. The fourth-order valence-electron chi connectivity index (χ4n) is 2.17. The first-order valence-corrected chi connectivity index (χ1v) is 8.64. The van der Waals surface area contributed by atoms with Crippen LogP contribution in [-0.2, 0) is 4.79 Å². The van der Waals surface area contributed by atoms with Gasteiger partial charge < -0.3 is 5.32 Å². The van der Waals surface area contributed by atoms with Crippen molar-refractivity contribution >= 4 is 23.4 Å². The highest BCUT2D eigenvalue weighted by atomic mass is 32.2. The molecular weight excluding hydrogens is 358 g/mol.